The predicted octanol–water partition coefficient (Wildman–Crippen LogP) is 4.10. The Morgan fingerprint density at radius 3 is 2.68 bits per heavy atom. The van der Waals surface area contributed by atoms with Crippen LogP contribution in [0.5, 0.6) is 5.75 Å². The lowest BCUT2D eigenvalue weighted by Gasteiger charge is -2.12. The van der Waals surface area contributed by atoms with Crippen LogP contribution < -0.4 is 4.74 Å². The molecule has 0 aliphatic heterocycles. The average molecular weight is 496 g/mol. The molecular weight excluding hydrogens is 473 g/mol. The zero-order chi connectivity index (χ0) is 25.4. The van der Waals surface area contributed by atoms with Crippen molar-refractivity contribution in [1.29, 1.82) is 0 Å². The van der Waals surface area contributed by atoms with E-state index in [9.17, 15) is 4.39 Å². The summed E-state index contributed by atoms with van der Waals surface area (Å²) in [6, 6.07) is 8.29. The van der Waals surface area contributed by atoms with Crippen molar-refractivity contribution >= 4 is 21.9 Å². The van der Waals surface area contributed by atoms with Crippen LogP contribution in [0.15, 0.2) is 61.3 Å². The number of likely N-dealkylation sites (N-methyl/N-ethyl adjacent to an activating group) is 1. The summed E-state index contributed by atoms with van der Waals surface area (Å²) in [6.07, 6.45) is 8.26. The minimum Gasteiger partial charge on any atom is -0.492 e. The maximum atomic E-state index is 14.5. The first kappa shape index (κ1) is 22.7. The van der Waals surface area contributed by atoms with E-state index < -0.39 is 5.82 Å². The SMILES string of the molecule is CN(C)CCOc1cc(F)cc(-c2nccc3[nH]c(-c4n[nH]c5cnc(-c6cnccn6)cc45)nc23)c1. The van der Waals surface area contributed by atoms with Crippen LogP contribution in [0, 0.1) is 5.82 Å². The van der Waals surface area contributed by atoms with E-state index in [4.69, 9.17) is 9.72 Å². The molecule has 0 saturated heterocycles. The molecule has 0 aliphatic carbocycles. The van der Waals surface area contributed by atoms with Crippen molar-refractivity contribution in [3.05, 3.63) is 67.1 Å². The highest BCUT2D eigenvalue weighted by atomic mass is 19.1. The number of fused-ring (bicyclic) bond motifs is 2. The Balaban J connectivity index is 1.41. The van der Waals surface area contributed by atoms with Crippen molar-refractivity contribution in [3.63, 3.8) is 0 Å². The number of hydrogen-bond donors (Lipinski definition) is 2. The van der Waals surface area contributed by atoms with Gasteiger partial charge in [0.2, 0.25) is 0 Å². The first-order chi connectivity index (χ1) is 18.0. The Morgan fingerprint density at radius 2 is 1.84 bits per heavy atom. The van der Waals surface area contributed by atoms with Gasteiger partial charge >= 0.3 is 0 Å². The largest absolute Gasteiger partial charge is 0.492 e. The van der Waals surface area contributed by atoms with E-state index in [0.717, 1.165) is 16.4 Å². The molecule has 0 radical (unpaired) electrons. The molecule has 0 bridgehead atoms. The molecular formula is C26H22FN9O. The highest BCUT2D eigenvalue weighted by Crippen LogP contribution is 2.32. The summed E-state index contributed by atoms with van der Waals surface area (Å²) >= 11 is 0. The monoisotopic (exact) mass is 495 g/mol. The van der Waals surface area contributed by atoms with Crippen LogP contribution >= 0.6 is 0 Å². The van der Waals surface area contributed by atoms with Crippen molar-refractivity contribution in [2.75, 3.05) is 27.2 Å². The molecule has 184 valence electrons. The quantitative estimate of drug-likeness (QED) is 0.340. The summed E-state index contributed by atoms with van der Waals surface area (Å²) in [4.78, 5) is 27.6. The van der Waals surface area contributed by atoms with E-state index in [1.54, 1.807) is 37.1 Å². The van der Waals surface area contributed by atoms with Gasteiger partial charge in [-0.15, -0.1) is 0 Å². The second-order valence-corrected chi connectivity index (χ2v) is 8.75. The maximum Gasteiger partial charge on any atom is 0.159 e. The Labute approximate surface area is 210 Å². The number of aromatic amines is 2. The van der Waals surface area contributed by atoms with Gasteiger partial charge in [-0.25, -0.2) is 9.37 Å². The van der Waals surface area contributed by atoms with E-state index in [1.165, 1.54) is 12.1 Å². The van der Waals surface area contributed by atoms with Crippen molar-refractivity contribution in [2.24, 2.45) is 0 Å². The van der Waals surface area contributed by atoms with E-state index >= 15 is 0 Å². The molecule has 5 heterocycles. The number of H-pyrrole nitrogens is 2. The van der Waals surface area contributed by atoms with E-state index in [2.05, 4.69) is 35.1 Å². The van der Waals surface area contributed by atoms with E-state index in [0.29, 0.717) is 58.6 Å². The minimum atomic E-state index is -0.408. The molecule has 0 aliphatic rings. The van der Waals surface area contributed by atoms with Gasteiger partial charge in [0.05, 0.1) is 34.8 Å². The van der Waals surface area contributed by atoms with Gasteiger partial charge < -0.3 is 14.6 Å². The number of benzene rings is 1. The zero-order valence-electron chi connectivity index (χ0n) is 20.1. The molecule has 0 unspecified atom stereocenters. The van der Waals surface area contributed by atoms with Gasteiger partial charge in [-0.05, 0) is 38.4 Å². The lowest BCUT2D eigenvalue weighted by Crippen LogP contribution is -2.19. The molecule has 10 nitrogen and oxygen atoms in total. The molecule has 0 saturated carbocycles. The molecule has 2 N–H and O–H groups in total. The molecule has 0 spiro atoms. The first-order valence-electron chi connectivity index (χ1n) is 11.6. The van der Waals surface area contributed by atoms with E-state index in [-0.39, 0.29) is 0 Å². The fourth-order valence-corrected chi connectivity index (χ4v) is 4.06. The number of nitrogens with zero attached hydrogens (tertiary/aromatic N) is 7. The number of aromatic nitrogens is 8. The standard InChI is InChI=1S/C26H22FN9O/c1-36(2)7-8-37-17-10-15(9-16(27)11-17)23-25-19(3-4-30-23)32-26(33-25)24-18-12-20(22-13-28-5-6-29-22)31-14-21(18)34-35-24/h3-6,9-14H,7-8H2,1-2H3,(H,32,33)(H,34,35). The van der Waals surface area contributed by atoms with Crippen LogP contribution in [0.25, 0.3) is 56.1 Å². The highest BCUT2D eigenvalue weighted by molar-refractivity contribution is 5.96. The molecule has 5 aromatic heterocycles. The second kappa shape index (κ2) is 9.36. The fourth-order valence-electron chi connectivity index (χ4n) is 4.06. The Morgan fingerprint density at radius 1 is 0.919 bits per heavy atom. The number of rotatable bonds is 7. The molecule has 11 heteroatoms. The summed E-state index contributed by atoms with van der Waals surface area (Å²) in [7, 11) is 3.91. The van der Waals surface area contributed by atoms with Gasteiger partial charge in [0.15, 0.2) is 5.82 Å². The zero-order valence-corrected chi connectivity index (χ0v) is 20.1. The van der Waals surface area contributed by atoms with Crippen molar-refractivity contribution in [2.45, 2.75) is 0 Å². The molecule has 37 heavy (non-hydrogen) atoms. The van der Waals surface area contributed by atoms with Gasteiger partial charge in [0.1, 0.15) is 35.1 Å². The van der Waals surface area contributed by atoms with Crippen LogP contribution in [0.3, 0.4) is 0 Å². The van der Waals surface area contributed by atoms with Crippen molar-refractivity contribution in [1.82, 2.24) is 45.0 Å². The van der Waals surface area contributed by atoms with Gasteiger partial charge in [-0.3, -0.25) is 25.0 Å². The van der Waals surface area contributed by atoms with Gasteiger partial charge in [0, 0.05) is 42.2 Å². The molecule has 1 aromatic carbocycles. The lowest BCUT2D eigenvalue weighted by atomic mass is 10.1. The molecule has 0 fully saturated rings. The fraction of sp³-hybridized carbons (Fsp3) is 0.154. The number of pyridine rings is 2. The van der Waals surface area contributed by atoms with Crippen molar-refractivity contribution < 1.29 is 9.13 Å². The van der Waals surface area contributed by atoms with Crippen LogP contribution in [-0.2, 0) is 0 Å². The summed E-state index contributed by atoms with van der Waals surface area (Å²) in [5.41, 5.74) is 5.16. The number of ether oxygens (including phenoxy) is 1. The van der Waals surface area contributed by atoms with Crippen LogP contribution in [0.1, 0.15) is 0 Å². The van der Waals surface area contributed by atoms with Crippen LogP contribution in [-0.4, -0.2) is 72.2 Å². The van der Waals surface area contributed by atoms with Gasteiger partial charge in [-0.2, -0.15) is 5.10 Å². The minimum absolute atomic E-state index is 0.408. The Kier molecular flexibility index (Phi) is 5.73. The molecule has 0 atom stereocenters. The van der Waals surface area contributed by atoms with Gasteiger partial charge in [-0.1, -0.05) is 0 Å². The number of nitrogens with one attached hydrogen (secondary N) is 2. The first-order valence-corrected chi connectivity index (χ1v) is 11.6. The molecule has 0 amide bonds. The van der Waals surface area contributed by atoms with Crippen molar-refractivity contribution in [3.8, 4) is 39.9 Å². The summed E-state index contributed by atoms with van der Waals surface area (Å²) < 4.78 is 20.3. The second-order valence-electron chi connectivity index (χ2n) is 8.75. The number of imidazole rings is 1. The third kappa shape index (κ3) is 4.47. The third-order valence-corrected chi connectivity index (χ3v) is 5.85. The number of halogens is 1. The summed E-state index contributed by atoms with van der Waals surface area (Å²) in [5, 5.41) is 8.31. The smallest absolute Gasteiger partial charge is 0.159 e. The highest BCUT2D eigenvalue weighted by Gasteiger charge is 2.18. The lowest BCUT2D eigenvalue weighted by molar-refractivity contribution is 0.260. The summed E-state index contributed by atoms with van der Waals surface area (Å²) in [6.45, 7) is 1.16. The molecule has 6 rings (SSSR count). The van der Waals surface area contributed by atoms with Gasteiger partial charge in [0.25, 0.3) is 0 Å². The van der Waals surface area contributed by atoms with Crippen LogP contribution in [0.4, 0.5) is 4.39 Å². The average Bonchev–Trinajstić information content (AvgIpc) is 3.52. The van der Waals surface area contributed by atoms with E-state index in [1.807, 2.05) is 31.1 Å². The van der Waals surface area contributed by atoms with Crippen LogP contribution in [0.2, 0.25) is 0 Å². The Hall–Kier alpha value is -4.77. The molecule has 6 aromatic rings. The topological polar surface area (TPSA) is 121 Å². The third-order valence-electron chi connectivity index (χ3n) is 5.85. The number of hydrogen-bond acceptors (Lipinski definition) is 8. The maximum absolute atomic E-state index is 14.5. The predicted molar refractivity (Wildman–Crippen MR) is 137 cm³/mol. The Bertz CT molecular complexity index is 1710. The normalized spacial score (nSPS) is 11.6. The summed E-state index contributed by atoms with van der Waals surface area (Å²) in [5.74, 6) is 0.577.